The number of hydrogen-bond donors (Lipinski definition) is 0. The minimum atomic E-state index is -0.494. The van der Waals surface area contributed by atoms with Gasteiger partial charge in [0.15, 0.2) is 0 Å². The number of anilines is 1. The molecule has 0 spiro atoms. The summed E-state index contributed by atoms with van der Waals surface area (Å²) in [7, 11) is 0. The molecular weight excluding hydrogens is 310 g/mol. The Morgan fingerprint density at radius 1 is 1.26 bits per heavy atom. The fourth-order valence-corrected chi connectivity index (χ4v) is 2.53. The summed E-state index contributed by atoms with van der Waals surface area (Å²) in [6, 6.07) is 8.28. The quantitative estimate of drug-likeness (QED) is 0.549. The number of fused-ring (bicyclic) bond motifs is 1. The maximum Gasteiger partial charge on any atom is 0.349 e. The van der Waals surface area contributed by atoms with E-state index >= 15 is 0 Å². The first-order chi connectivity index (χ1) is 11.2. The van der Waals surface area contributed by atoms with Crippen LogP contribution in [0.2, 0.25) is 0 Å². The van der Waals surface area contributed by atoms with E-state index in [9.17, 15) is 4.79 Å². The van der Waals surface area contributed by atoms with Gasteiger partial charge < -0.3 is 9.64 Å². The summed E-state index contributed by atoms with van der Waals surface area (Å²) in [5.74, 6) is -0.494. The van der Waals surface area contributed by atoms with Crippen molar-refractivity contribution < 1.29 is 9.53 Å². The highest BCUT2D eigenvalue weighted by Crippen LogP contribution is 2.31. The third kappa shape index (κ3) is 4.49. The van der Waals surface area contributed by atoms with Crippen molar-refractivity contribution in [3.63, 3.8) is 0 Å². The zero-order valence-corrected chi connectivity index (χ0v) is 14.3. The Hall–Kier alpha value is -2.00. The van der Waals surface area contributed by atoms with E-state index in [0.717, 1.165) is 25.1 Å². The highest BCUT2D eigenvalue weighted by Gasteiger charge is 2.16. The Balaban J connectivity index is 2.28. The third-order valence-corrected chi connectivity index (χ3v) is 3.86. The second-order valence-corrected chi connectivity index (χ2v) is 5.63. The highest BCUT2D eigenvalue weighted by molar-refractivity contribution is 6.41. The van der Waals surface area contributed by atoms with E-state index in [0.29, 0.717) is 6.61 Å². The van der Waals surface area contributed by atoms with Gasteiger partial charge in [-0.3, -0.25) is 0 Å². The molecule has 122 valence electrons. The van der Waals surface area contributed by atoms with Crippen molar-refractivity contribution >= 4 is 29.3 Å². The molecule has 0 radical (unpaired) electrons. The number of halogens is 1. The number of benzene rings is 1. The number of esters is 1. The first kappa shape index (κ1) is 17.4. The molecule has 4 heteroatoms. The van der Waals surface area contributed by atoms with Crippen molar-refractivity contribution in [2.24, 2.45) is 0 Å². The topological polar surface area (TPSA) is 29.5 Å². The Labute approximate surface area is 142 Å². The van der Waals surface area contributed by atoms with Gasteiger partial charge in [0.05, 0.1) is 6.61 Å². The Morgan fingerprint density at radius 3 is 2.78 bits per heavy atom. The van der Waals surface area contributed by atoms with Crippen LogP contribution < -0.4 is 4.90 Å². The number of ether oxygens (including phenoxy) is 1. The molecule has 1 heterocycles. The summed E-state index contributed by atoms with van der Waals surface area (Å²) < 4.78 is 4.89. The molecule has 3 nitrogen and oxygen atoms in total. The van der Waals surface area contributed by atoms with Crippen LogP contribution in [0.1, 0.15) is 32.3 Å². The van der Waals surface area contributed by atoms with Crippen molar-refractivity contribution in [3.05, 3.63) is 58.8 Å². The van der Waals surface area contributed by atoms with E-state index in [1.807, 2.05) is 24.3 Å². The zero-order chi connectivity index (χ0) is 16.7. The molecule has 0 unspecified atom stereocenters. The largest absolute Gasteiger partial charge is 0.462 e. The number of hydrogen-bond acceptors (Lipinski definition) is 3. The van der Waals surface area contributed by atoms with Gasteiger partial charge in [-0.2, -0.15) is 0 Å². The molecule has 0 saturated heterocycles. The van der Waals surface area contributed by atoms with Crippen molar-refractivity contribution in [2.45, 2.75) is 26.7 Å². The summed E-state index contributed by atoms with van der Waals surface area (Å²) in [5, 5.41) is 0.0852. The monoisotopic (exact) mass is 331 g/mol. The van der Waals surface area contributed by atoms with Gasteiger partial charge in [0.25, 0.3) is 0 Å². The molecule has 0 saturated carbocycles. The van der Waals surface area contributed by atoms with Crippen molar-refractivity contribution in [1.29, 1.82) is 0 Å². The Kier molecular flexibility index (Phi) is 6.48. The number of nitrogens with zero attached hydrogens (tertiary/aromatic N) is 1. The number of para-hydroxylation sites is 1. The van der Waals surface area contributed by atoms with Crippen molar-refractivity contribution in [2.75, 3.05) is 18.1 Å². The van der Waals surface area contributed by atoms with Crippen LogP contribution in [-0.2, 0) is 9.53 Å². The number of allylic oxidation sites excluding steroid dienone is 3. The first-order valence-electron chi connectivity index (χ1n) is 7.96. The van der Waals surface area contributed by atoms with Crippen LogP contribution in [0.3, 0.4) is 0 Å². The lowest BCUT2D eigenvalue weighted by Crippen LogP contribution is -2.25. The second-order valence-electron chi connectivity index (χ2n) is 5.22. The average Bonchev–Trinajstić information content (AvgIpc) is 2.58. The lowest BCUT2D eigenvalue weighted by molar-refractivity contribution is -0.137. The molecule has 0 N–H and O–H groups in total. The van der Waals surface area contributed by atoms with Gasteiger partial charge in [-0.15, -0.1) is 0 Å². The molecule has 0 atom stereocenters. The normalized spacial score (nSPS) is 15.7. The fraction of sp³-hybridized carbons (Fsp3) is 0.316. The number of rotatable bonds is 6. The van der Waals surface area contributed by atoms with Crippen LogP contribution in [-0.4, -0.2) is 19.1 Å². The molecule has 0 fully saturated rings. The molecule has 0 bridgehead atoms. The summed E-state index contributed by atoms with van der Waals surface area (Å²) in [6.07, 6.45) is 9.80. The fourth-order valence-electron chi connectivity index (χ4n) is 2.42. The molecule has 23 heavy (non-hydrogen) atoms. The summed E-state index contributed by atoms with van der Waals surface area (Å²) in [5.41, 5.74) is 3.39. The van der Waals surface area contributed by atoms with Crippen LogP contribution >= 0.6 is 11.6 Å². The average molecular weight is 332 g/mol. The summed E-state index contributed by atoms with van der Waals surface area (Å²) in [6.45, 7) is 5.17. The molecule has 0 aromatic heterocycles. The van der Waals surface area contributed by atoms with Gasteiger partial charge >= 0.3 is 5.97 Å². The van der Waals surface area contributed by atoms with Crippen LogP contribution in [0, 0.1) is 0 Å². The minimum Gasteiger partial charge on any atom is -0.462 e. The Bertz CT molecular complexity index is 647. The molecule has 2 rings (SSSR count). The van der Waals surface area contributed by atoms with E-state index in [4.69, 9.17) is 16.3 Å². The highest BCUT2D eigenvalue weighted by atomic mass is 35.5. The van der Waals surface area contributed by atoms with Crippen LogP contribution in [0.5, 0.6) is 0 Å². The van der Waals surface area contributed by atoms with Gasteiger partial charge in [-0.05, 0) is 43.2 Å². The SMILES string of the molecule is CCCCN1C(=CC=C(Cl)C(=O)OCC)C=Cc2ccccc21. The molecule has 0 amide bonds. The van der Waals surface area contributed by atoms with E-state index in [2.05, 4.69) is 30.0 Å². The van der Waals surface area contributed by atoms with Gasteiger partial charge in [0.1, 0.15) is 5.03 Å². The molecular formula is C19H22ClNO2. The van der Waals surface area contributed by atoms with Crippen molar-refractivity contribution in [3.8, 4) is 0 Å². The summed E-state index contributed by atoms with van der Waals surface area (Å²) in [4.78, 5) is 13.8. The zero-order valence-electron chi connectivity index (χ0n) is 13.6. The van der Waals surface area contributed by atoms with Gasteiger partial charge in [-0.1, -0.05) is 49.2 Å². The third-order valence-electron chi connectivity index (χ3n) is 3.58. The predicted molar refractivity (Wildman–Crippen MR) is 96.4 cm³/mol. The van der Waals surface area contributed by atoms with E-state index in [1.54, 1.807) is 13.0 Å². The number of carbonyl (C=O) groups is 1. The van der Waals surface area contributed by atoms with E-state index in [1.165, 1.54) is 11.3 Å². The molecule has 1 aliphatic rings. The molecule has 1 aromatic carbocycles. The van der Waals surface area contributed by atoms with Gasteiger partial charge in [0, 0.05) is 17.9 Å². The van der Waals surface area contributed by atoms with Crippen LogP contribution in [0.25, 0.3) is 6.08 Å². The predicted octanol–water partition coefficient (Wildman–Crippen LogP) is 4.89. The molecule has 1 aromatic rings. The number of unbranched alkanes of at least 4 members (excludes halogenated alkanes) is 1. The maximum atomic E-state index is 11.6. The van der Waals surface area contributed by atoms with Gasteiger partial charge in [0.2, 0.25) is 0 Å². The lowest BCUT2D eigenvalue weighted by atomic mass is 10.0. The Morgan fingerprint density at radius 2 is 2.04 bits per heavy atom. The molecule has 1 aliphatic heterocycles. The van der Waals surface area contributed by atoms with Crippen LogP contribution in [0.15, 0.2) is 53.2 Å². The standard InChI is InChI=1S/C19H22ClNO2/c1-3-5-14-21-16(12-13-17(20)19(22)23-4-2)11-10-15-8-6-7-9-18(15)21/h6-13H,3-5,14H2,1-2H3. The van der Waals surface area contributed by atoms with E-state index in [-0.39, 0.29) is 5.03 Å². The first-order valence-corrected chi connectivity index (χ1v) is 8.34. The minimum absolute atomic E-state index is 0.0852. The lowest BCUT2D eigenvalue weighted by Gasteiger charge is -2.30. The number of carbonyl (C=O) groups excluding carboxylic acids is 1. The smallest absolute Gasteiger partial charge is 0.349 e. The van der Waals surface area contributed by atoms with E-state index < -0.39 is 5.97 Å². The summed E-state index contributed by atoms with van der Waals surface area (Å²) >= 11 is 5.98. The second kappa shape index (κ2) is 8.59. The van der Waals surface area contributed by atoms with Gasteiger partial charge in [-0.25, -0.2) is 4.79 Å². The maximum absolute atomic E-state index is 11.6. The van der Waals surface area contributed by atoms with Crippen LogP contribution in [0.4, 0.5) is 5.69 Å². The molecule has 0 aliphatic carbocycles. The van der Waals surface area contributed by atoms with Crippen molar-refractivity contribution in [1.82, 2.24) is 0 Å².